The fourth-order valence-corrected chi connectivity index (χ4v) is 2.43. The minimum atomic E-state index is -3.15. The molecular weight excluding hydrogens is 406 g/mol. The third-order valence-electron chi connectivity index (χ3n) is 4.37. The molecule has 2 aromatic rings. The first-order chi connectivity index (χ1) is 14.6. The molecule has 0 radical (unpaired) electrons. The van der Waals surface area contributed by atoms with E-state index in [1.807, 2.05) is 5.32 Å². The van der Waals surface area contributed by atoms with Crippen molar-refractivity contribution in [2.24, 2.45) is 5.73 Å². The van der Waals surface area contributed by atoms with E-state index in [0.717, 1.165) is 18.1 Å². The quantitative estimate of drug-likeness (QED) is 0.526. The van der Waals surface area contributed by atoms with Gasteiger partial charge in [-0.2, -0.15) is 0 Å². The first kappa shape index (κ1) is 23.6. The van der Waals surface area contributed by atoms with E-state index in [1.54, 1.807) is 24.3 Å². The van der Waals surface area contributed by atoms with Crippen LogP contribution in [0.3, 0.4) is 0 Å². The molecule has 1 amide bonds. The Bertz CT molecular complexity index is 1060. The molecule has 2 aromatic carbocycles. The highest BCUT2D eigenvalue weighted by Gasteiger charge is 2.44. The molecule has 0 aromatic heterocycles. The van der Waals surface area contributed by atoms with E-state index in [1.165, 1.54) is 24.3 Å². The van der Waals surface area contributed by atoms with Crippen molar-refractivity contribution < 1.29 is 28.6 Å². The maximum absolute atomic E-state index is 13.0. The number of alkyl halides is 2. The van der Waals surface area contributed by atoms with Crippen LogP contribution in [0.25, 0.3) is 0 Å². The van der Waals surface area contributed by atoms with Gasteiger partial charge in [0.25, 0.3) is 12.3 Å². The van der Waals surface area contributed by atoms with E-state index in [9.17, 15) is 18.4 Å². The molecule has 2 rings (SSSR count). The Kier molecular flexibility index (Phi) is 7.87. The molecule has 0 aliphatic carbocycles. The predicted octanol–water partition coefficient (Wildman–Crippen LogP) is 1.75. The van der Waals surface area contributed by atoms with Gasteiger partial charge in [0.05, 0.1) is 6.61 Å². The molecule has 0 heterocycles. The molecule has 0 bridgehead atoms. The standard InChI is InChI=1S/C23H20F2N2O4/c1-23(26,22(24)25)19(21(30)31)27-20(29)18-12-10-16(11-13-18)5-3-2-4-15-6-8-17(14-28)9-7-15/h6-13,19,22,28H,14,26H2,1H3,(H,27,29)(H,30,31)/t19-,23?/m1/s1. The van der Waals surface area contributed by atoms with Crippen molar-refractivity contribution in [3.8, 4) is 23.7 Å². The van der Waals surface area contributed by atoms with E-state index in [4.69, 9.17) is 15.9 Å². The van der Waals surface area contributed by atoms with Gasteiger partial charge in [-0.25, -0.2) is 13.6 Å². The van der Waals surface area contributed by atoms with Gasteiger partial charge in [0.1, 0.15) is 5.54 Å². The summed E-state index contributed by atoms with van der Waals surface area (Å²) in [5, 5.41) is 20.2. The van der Waals surface area contributed by atoms with E-state index in [0.29, 0.717) is 5.56 Å². The molecule has 0 saturated heterocycles. The third-order valence-corrected chi connectivity index (χ3v) is 4.37. The Morgan fingerprint density at radius 1 is 1.03 bits per heavy atom. The van der Waals surface area contributed by atoms with E-state index in [2.05, 4.69) is 23.7 Å². The lowest BCUT2D eigenvalue weighted by Gasteiger charge is -2.30. The number of aliphatic carboxylic acids is 1. The number of benzene rings is 2. The van der Waals surface area contributed by atoms with Crippen molar-refractivity contribution in [1.82, 2.24) is 5.32 Å². The van der Waals surface area contributed by atoms with Crippen molar-refractivity contribution in [1.29, 1.82) is 0 Å². The van der Waals surface area contributed by atoms with Crippen molar-refractivity contribution in [3.63, 3.8) is 0 Å². The van der Waals surface area contributed by atoms with Crippen molar-refractivity contribution in [2.45, 2.75) is 31.5 Å². The number of nitrogens with two attached hydrogens (primary N) is 1. The highest BCUT2D eigenvalue weighted by molar-refractivity contribution is 5.97. The summed E-state index contributed by atoms with van der Waals surface area (Å²) in [5.74, 6) is 8.49. The number of hydrogen-bond donors (Lipinski definition) is 4. The zero-order valence-corrected chi connectivity index (χ0v) is 16.5. The summed E-state index contributed by atoms with van der Waals surface area (Å²) in [6.07, 6.45) is -3.15. The molecule has 1 unspecified atom stereocenters. The molecule has 5 N–H and O–H groups in total. The fourth-order valence-electron chi connectivity index (χ4n) is 2.43. The Labute approximate surface area is 178 Å². The summed E-state index contributed by atoms with van der Waals surface area (Å²) in [5.41, 5.74) is 5.08. The highest BCUT2D eigenvalue weighted by atomic mass is 19.3. The topological polar surface area (TPSA) is 113 Å². The number of carbonyl (C=O) groups excluding carboxylic acids is 1. The first-order valence-corrected chi connectivity index (χ1v) is 9.07. The zero-order chi connectivity index (χ0) is 23.0. The van der Waals surface area contributed by atoms with Gasteiger partial charge in [-0.3, -0.25) is 4.79 Å². The number of halogens is 2. The average molecular weight is 426 g/mol. The van der Waals surface area contributed by atoms with Crippen molar-refractivity contribution >= 4 is 11.9 Å². The Morgan fingerprint density at radius 3 is 1.94 bits per heavy atom. The molecule has 0 saturated carbocycles. The van der Waals surface area contributed by atoms with Gasteiger partial charge < -0.3 is 21.3 Å². The van der Waals surface area contributed by atoms with Crippen molar-refractivity contribution in [3.05, 3.63) is 70.8 Å². The van der Waals surface area contributed by atoms with Crippen LogP contribution < -0.4 is 11.1 Å². The first-order valence-electron chi connectivity index (χ1n) is 9.07. The lowest BCUT2D eigenvalue weighted by molar-refractivity contribution is -0.143. The maximum atomic E-state index is 13.0. The maximum Gasteiger partial charge on any atom is 0.328 e. The predicted molar refractivity (Wildman–Crippen MR) is 110 cm³/mol. The molecule has 0 spiro atoms. The van der Waals surface area contributed by atoms with E-state index >= 15 is 0 Å². The largest absolute Gasteiger partial charge is 0.480 e. The molecule has 160 valence electrons. The third kappa shape index (κ3) is 6.38. The summed E-state index contributed by atoms with van der Waals surface area (Å²) in [7, 11) is 0. The van der Waals surface area contributed by atoms with Gasteiger partial charge in [-0.05, 0) is 60.7 Å². The summed E-state index contributed by atoms with van der Waals surface area (Å²) in [6.45, 7) is 0.813. The lowest BCUT2D eigenvalue weighted by Crippen LogP contribution is -2.64. The van der Waals surface area contributed by atoms with E-state index < -0.39 is 29.9 Å². The Morgan fingerprint density at radius 2 is 1.52 bits per heavy atom. The fraction of sp³-hybridized carbons (Fsp3) is 0.217. The zero-order valence-electron chi connectivity index (χ0n) is 16.5. The number of aliphatic hydroxyl groups is 1. The van der Waals surface area contributed by atoms with Gasteiger partial charge in [-0.1, -0.05) is 24.0 Å². The molecule has 0 aliphatic heterocycles. The lowest BCUT2D eigenvalue weighted by atomic mass is 9.93. The van der Waals surface area contributed by atoms with Crippen molar-refractivity contribution in [2.75, 3.05) is 0 Å². The number of aliphatic hydroxyl groups excluding tert-OH is 1. The summed E-state index contributed by atoms with van der Waals surface area (Å²) in [4.78, 5) is 23.5. The van der Waals surface area contributed by atoms with Crippen LogP contribution in [0.15, 0.2) is 48.5 Å². The van der Waals surface area contributed by atoms with Crippen LogP contribution in [0.5, 0.6) is 0 Å². The van der Waals surface area contributed by atoms with Crippen LogP contribution in [0.1, 0.15) is 34.0 Å². The smallest absolute Gasteiger partial charge is 0.328 e. The number of carboxylic acid groups (broad SMARTS) is 1. The van der Waals surface area contributed by atoms with Gasteiger partial charge in [0.15, 0.2) is 6.04 Å². The second kappa shape index (κ2) is 10.4. The summed E-state index contributed by atoms with van der Waals surface area (Å²) >= 11 is 0. The molecule has 6 nitrogen and oxygen atoms in total. The molecule has 2 atom stereocenters. The minimum absolute atomic E-state index is 0.0454. The van der Waals surface area contributed by atoms with Gasteiger partial charge >= 0.3 is 5.97 Å². The van der Waals surface area contributed by atoms with E-state index in [-0.39, 0.29) is 12.2 Å². The molecule has 0 fully saturated rings. The number of rotatable bonds is 6. The van der Waals surface area contributed by atoms with Crippen LogP contribution in [0.2, 0.25) is 0 Å². The molecular formula is C23H20F2N2O4. The second-order valence-electron chi connectivity index (χ2n) is 6.84. The number of carboxylic acids is 1. The number of carbonyl (C=O) groups is 2. The van der Waals surface area contributed by atoms with Gasteiger partial charge in [0, 0.05) is 16.7 Å². The van der Waals surface area contributed by atoms with Crippen LogP contribution in [-0.4, -0.2) is 40.1 Å². The number of amides is 1. The van der Waals surface area contributed by atoms with Crippen LogP contribution in [-0.2, 0) is 11.4 Å². The van der Waals surface area contributed by atoms with Crippen LogP contribution >= 0.6 is 0 Å². The SMILES string of the molecule is CC(N)(C(F)F)[C@H](NC(=O)c1ccc(C#CC#Cc2ccc(CO)cc2)cc1)C(=O)O. The molecule has 31 heavy (non-hydrogen) atoms. The van der Waals surface area contributed by atoms with Crippen LogP contribution in [0, 0.1) is 23.7 Å². The number of hydrogen-bond acceptors (Lipinski definition) is 4. The number of nitrogens with one attached hydrogen (secondary N) is 1. The summed E-state index contributed by atoms with van der Waals surface area (Å²) in [6, 6.07) is 10.9. The van der Waals surface area contributed by atoms with Crippen LogP contribution in [0.4, 0.5) is 8.78 Å². The summed E-state index contributed by atoms with van der Waals surface area (Å²) < 4.78 is 26.1. The second-order valence-corrected chi connectivity index (χ2v) is 6.84. The normalized spacial score (nSPS) is 13.1. The highest BCUT2D eigenvalue weighted by Crippen LogP contribution is 2.18. The average Bonchev–Trinajstić information content (AvgIpc) is 2.75. The van der Waals surface area contributed by atoms with Gasteiger partial charge in [-0.15, -0.1) is 0 Å². The Balaban J connectivity index is 2.06. The minimum Gasteiger partial charge on any atom is -0.480 e. The molecule has 0 aliphatic rings. The monoisotopic (exact) mass is 426 g/mol. The Hall–Kier alpha value is -3.72. The molecule has 8 heteroatoms. The van der Waals surface area contributed by atoms with Gasteiger partial charge in [0.2, 0.25) is 0 Å².